The van der Waals surface area contributed by atoms with Gasteiger partial charge in [-0.1, -0.05) is 13.8 Å². The summed E-state index contributed by atoms with van der Waals surface area (Å²) in [6, 6.07) is 1.66. The molecule has 0 aliphatic rings. The van der Waals surface area contributed by atoms with E-state index in [1.807, 2.05) is 20.8 Å². The third-order valence-electron chi connectivity index (χ3n) is 3.31. The van der Waals surface area contributed by atoms with Gasteiger partial charge in [-0.05, 0) is 32.4 Å². The van der Waals surface area contributed by atoms with E-state index in [2.05, 4.69) is 10.3 Å². The Balaban J connectivity index is 2.16. The van der Waals surface area contributed by atoms with Crippen molar-refractivity contribution < 1.29 is 13.6 Å². The molecule has 2 aromatic rings. The second-order valence-electron chi connectivity index (χ2n) is 5.60. The van der Waals surface area contributed by atoms with Gasteiger partial charge in [-0.3, -0.25) is 4.79 Å². The van der Waals surface area contributed by atoms with E-state index < -0.39 is 11.5 Å². The van der Waals surface area contributed by atoms with E-state index in [1.165, 1.54) is 0 Å². The molecule has 0 atom stereocenters. The number of hydrogen-bond donors (Lipinski definition) is 1. The zero-order chi connectivity index (χ0) is 16.4. The van der Waals surface area contributed by atoms with Gasteiger partial charge in [0, 0.05) is 5.92 Å². The van der Waals surface area contributed by atoms with Crippen LogP contribution in [-0.2, 0) is 6.54 Å². The van der Waals surface area contributed by atoms with Crippen molar-refractivity contribution in [2.75, 3.05) is 0 Å². The highest BCUT2D eigenvalue weighted by atomic mass is 16.4. The van der Waals surface area contributed by atoms with E-state index in [4.69, 9.17) is 8.83 Å². The van der Waals surface area contributed by atoms with Gasteiger partial charge in [0.05, 0.1) is 12.2 Å². The SMILES string of the molecule is Cc1cc(C)c(C(=O)NCc2oc(C(C)C)nc2C)c(=O)o1. The molecule has 0 bridgehead atoms. The zero-order valence-electron chi connectivity index (χ0n) is 13.4. The van der Waals surface area contributed by atoms with Crippen molar-refractivity contribution in [3.8, 4) is 0 Å². The number of nitrogens with zero attached hydrogens (tertiary/aromatic N) is 1. The number of aryl methyl sites for hydroxylation is 3. The first kappa shape index (κ1) is 16.0. The molecule has 2 aromatic heterocycles. The van der Waals surface area contributed by atoms with Crippen LogP contribution in [0.2, 0.25) is 0 Å². The lowest BCUT2D eigenvalue weighted by Crippen LogP contribution is -2.29. The van der Waals surface area contributed by atoms with Crippen LogP contribution >= 0.6 is 0 Å². The van der Waals surface area contributed by atoms with Gasteiger partial charge in [0.1, 0.15) is 17.1 Å². The maximum atomic E-state index is 12.2. The second kappa shape index (κ2) is 6.17. The summed E-state index contributed by atoms with van der Waals surface area (Å²) in [7, 11) is 0. The van der Waals surface area contributed by atoms with Crippen molar-refractivity contribution in [1.82, 2.24) is 10.3 Å². The fourth-order valence-corrected chi connectivity index (χ4v) is 2.15. The molecule has 0 aliphatic carbocycles. The quantitative estimate of drug-likeness (QED) is 0.938. The van der Waals surface area contributed by atoms with E-state index in [0.29, 0.717) is 23.0 Å². The Morgan fingerprint density at radius 3 is 2.50 bits per heavy atom. The molecule has 0 fully saturated rings. The Morgan fingerprint density at radius 1 is 1.27 bits per heavy atom. The lowest BCUT2D eigenvalue weighted by atomic mass is 10.1. The minimum Gasteiger partial charge on any atom is -0.443 e. The molecule has 2 heterocycles. The molecular weight excluding hydrogens is 284 g/mol. The predicted molar refractivity (Wildman–Crippen MR) is 81.0 cm³/mol. The van der Waals surface area contributed by atoms with Crippen molar-refractivity contribution in [2.24, 2.45) is 0 Å². The fourth-order valence-electron chi connectivity index (χ4n) is 2.15. The third kappa shape index (κ3) is 3.27. The van der Waals surface area contributed by atoms with Gasteiger partial charge < -0.3 is 14.2 Å². The Kier molecular flexibility index (Phi) is 4.49. The van der Waals surface area contributed by atoms with Gasteiger partial charge in [0.25, 0.3) is 5.91 Å². The van der Waals surface area contributed by atoms with Crippen molar-refractivity contribution >= 4 is 5.91 Å². The van der Waals surface area contributed by atoms with E-state index in [0.717, 1.165) is 5.69 Å². The van der Waals surface area contributed by atoms with Gasteiger partial charge in [-0.15, -0.1) is 0 Å². The molecule has 22 heavy (non-hydrogen) atoms. The average molecular weight is 304 g/mol. The minimum absolute atomic E-state index is 0.0202. The summed E-state index contributed by atoms with van der Waals surface area (Å²) in [6.45, 7) is 9.33. The molecule has 1 amide bonds. The van der Waals surface area contributed by atoms with Crippen LogP contribution in [0.5, 0.6) is 0 Å². The number of rotatable bonds is 4. The topological polar surface area (TPSA) is 85.3 Å². The Labute approximate surface area is 128 Å². The normalized spacial score (nSPS) is 11.0. The van der Waals surface area contributed by atoms with Crippen LogP contribution < -0.4 is 10.9 Å². The van der Waals surface area contributed by atoms with Crippen molar-refractivity contribution in [2.45, 2.75) is 47.1 Å². The van der Waals surface area contributed by atoms with E-state index in [1.54, 1.807) is 19.9 Å². The highest BCUT2D eigenvalue weighted by Gasteiger charge is 2.18. The summed E-state index contributed by atoms with van der Waals surface area (Å²) in [5.74, 6) is 1.40. The lowest BCUT2D eigenvalue weighted by molar-refractivity contribution is 0.0942. The van der Waals surface area contributed by atoms with Gasteiger partial charge >= 0.3 is 5.63 Å². The van der Waals surface area contributed by atoms with Crippen LogP contribution in [0, 0.1) is 20.8 Å². The number of aromatic nitrogens is 1. The molecule has 2 rings (SSSR count). The standard InChI is InChI=1S/C16H20N2O4/c1-8(2)15-18-11(5)12(22-15)7-17-14(19)13-9(3)6-10(4)21-16(13)20/h6,8H,7H2,1-5H3,(H,17,19). The monoisotopic (exact) mass is 304 g/mol. The Morgan fingerprint density at radius 2 is 1.95 bits per heavy atom. The molecular formula is C16H20N2O4. The maximum Gasteiger partial charge on any atom is 0.349 e. The van der Waals surface area contributed by atoms with Gasteiger partial charge in [-0.25, -0.2) is 9.78 Å². The molecule has 0 saturated carbocycles. The van der Waals surface area contributed by atoms with Gasteiger partial charge in [-0.2, -0.15) is 0 Å². The molecule has 118 valence electrons. The van der Waals surface area contributed by atoms with E-state index in [-0.39, 0.29) is 18.0 Å². The van der Waals surface area contributed by atoms with Crippen LogP contribution in [-0.4, -0.2) is 10.9 Å². The number of hydrogen-bond acceptors (Lipinski definition) is 5. The summed E-state index contributed by atoms with van der Waals surface area (Å²) < 4.78 is 10.6. The molecule has 0 aromatic carbocycles. The Hall–Kier alpha value is -2.37. The minimum atomic E-state index is -0.632. The summed E-state index contributed by atoms with van der Waals surface area (Å²) in [5, 5.41) is 2.68. The lowest BCUT2D eigenvalue weighted by Gasteiger charge is -2.06. The number of oxazole rings is 1. The number of carbonyl (C=O) groups excluding carboxylic acids is 1. The number of nitrogens with one attached hydrogen (secondary N) is 1. The van der Waals surface area contributed by atoms with Crippen LogP contribution in [0.3, 0.4) is 0 Å². The van der Waals surface area contributed by atoms with Crippen LogP contribution in [0.4, 0.5) is 0 Å². The van der Waals surface area contributed by atoms with Gasteiger partial charge in [0.15, 0.2) is 5.89 Å². The summed E-state index contributed by atoms with van der Waals surface area (Å²) in [4.78, 5) is 28.3. The second-order valence-corrected chi connectivity index (χ2v) is 5.60. The van der Waals surface area contributed by atoms with Crippen LogP contribution in [0.15, 0.2) is 19.7 Å². The molecule has 6 nitrogen and oxygen atoms in total. The molecule has 0 aliphatic heterocycles. The average Bonchev–Trinajstić information content (AvgIpc) is 2.76. The van der Waals surface area contributed by atoms with Gasteiger partial charge in [0.2, 0.25) is 0 Å². The van der Waals surface area contributed by atoms with Crippen LogP contribution in [0.1, 0.15) is 58.8 Å². The van der Waals surface area contributed by atoms with E-state index >= 15 is 0 Å². The smallest absolute Gasteiger partial charge is 0.349 e. The van der Waals surface area contributed by atoms with Crippen LogP contribution in [0.25, 0.3) is 0 Å². The maximum absolute atomic E-state index is 12.2. The number of carbonyl (C=O) groups is 1. The molecule has 6 heteroatoms. The highest BCUT2D eigenvalue weighted by molar-refractivity contribution is 5.95. The predicted octanol–water partition coefficient (Wildman–Crippen LogP) is 2.61. The van der Waals surface area contributed by atoms with Crippen molar-refractivity contribution in [3.63, 3.8) is 0 Å². The number of amides is 1. The molecule has 0 radical (unpaired) electrons. The largest absolute Gasteiger partial charge is 0.443 e. The van der Waals surface area contributed by atoms with Crippen molar-refractivity contribution in [3.05, 3.63) is 50.7 Å². The summed E-state index contributed by atoms with van der Waals surface area (Å²) in [5.41, 5.74) is 0.707. The highest BCUT2D eigenvalue weighted by Crippen LogP contribution is 2.17. The summed E-state index contributed by atoms with van der Waals surface area (Å²) in [6.07, 6.45) is 0. The molecule has 0 saturated heterocycles. The zero-order valence-corrected chi connectivity index (χ0v) is 13.4. The van der Waals surface area contributed by atoms with Crippen molar-refractivity contribution in [1.29, 1.82) is 0 Å². The first-order valence-electron chi connectivity index (χ1n) is 7.15. The summed E-state index contributed by atoms with van der Waals surface area (Å²) >= 11 is 0. The first-order valence-corrected chi connectivity index (χ1v) is 7.15. The third-order valence-corrected chi connectivity index (χ3v) is 3.31. The Bertz CT molecular complexity index is 756. The molecule has 0 unspecified atom stereocenters. The fraction of sp³-hybridized carbons (Fsp3) is 0.438. The first-order chi connectivity index (χ1) is 10.3. The molecule has 1 N–H and O–H groups in total. The van der Waals surface area contributed by atoms with E-state index in [9.17, 15) is 9.59 Å². The molecule has 0 spiro atoms.